The van der Waals surface area contributed by atoms with Gasteiger partial charge in [-0.25, -0.2) is 14.5 Å². The van der Waals surface area contributed by atoms with E-state index >= 15 is 0 Å². The number of carboxylic acid groups (broad SMARTS) is 1. The molecule has 0 heterocycles. The second-order valence-electron chi connectivity index (χ2n) is 4.54. The van der Waals surface area contributed by atoms with Crippen LogP contribution in [0.25, 0.3) is 0 Å². The zero-order valence-electron chi connectivity index (χ0n) is 11.6. The summed E-state index contributed by atoms with van der Waals surface area (Å²) in [5, 5.41) is 9.25. The van der Waals surface area contributed by atoms with E-state index in [-0.39, 0.29) is 5.56 Å². The zero-order valence-corrected chi connectivity index (χ0v) is 11.6. The van der Waals surface area contributed by atoms with Gasteiger partial charge in [-0.05, 0) is 18.1 Å². The predicted molar refractivity (Wildman–Crippen MR) is 71.3 cm³/mol. The first-order valence-corrected chi connectivity index (χ1v) is 6.09. The lowest BCUT2D eigenvalue weighted by molar-refractivity contribution is -0.143. The van der Waals surface area contributed by atoms with Crippen LogP contribution in [0.3, 0.4) is 0 Å². The molecule has 0 radical (unpaired) electrons. The van der Waals surface area contributed by atoms with Crippen molar-refractivity contribution >= 4 is 18.0 Å². The number of carbonyl (C=O) groups excluding carboxylic acids is 2. The first kappa shape index (κ1) is 15.7. The van der Waals surface area contributed by atoms with Gasteiger partial charge in [-0.1, -0.05) is 32.0 Å². The Labute approximate surface area is 117 Å². The van der Waals surface area contributed by atoms with Crippen LogP contribution in [0.5, 0.6) is 0 Å². The largest absolute Gasteiger partial charge is 0.480 e. The summed E-state index contributed by atoms with van der Waals surface area (Å²) in [6.45, 7) is 3.24. The molecule has 1 aromatic rings. The molecule has 0 aromatic heterocycles. The van der Waals surface area contributed by atoms with Crippen molar-refractivity contribution in [1.82, 2.24) is 4.90 Å². The summed E-state index contributed by atoms with van der Waals surface area (Å²) in [6.07, 6.45) is -0.986. The Hall–Kier alpha value is -2.37. The van der Waals surface area contributed by atoms with Crippen LogP contribution in [0.1, 0.15) is 24.2 Å². The maximum absolute atomic E-state index is 12.4. The molecule has 1 aromatic carbocycles. The van der Waals surface area contributed by atoms with Crippen LogP contribution in [-0.4, -0.2) is 41.1 Å². The lowest BCUT2D eigenvalue weighted by atomic mass is 10.0. The summed E-state index contributed by atoms with van der Waals surface area (Å²) in [5.41, 5.74) is 0.227. The summed E-state index contributed by atoms with van der Waals surface area (Å²) in [4.78, 5) is 36.1. The predicted octanol–water partition coefficient (Wildman–Crippen LogP) is 2.00. The lowest BCUT2D eigenvalue weighted by Crippen LogP contribution is -2.51. The minimum Gasteiger partial charge on any atom is -0.480 e. The minimum absolute atomic E-state index is 0.227. The SMILES string of the molecule is COC(=O)N(C(=O)c1ccccc1)[C@@H](C(=O)O)C(C)C. The topological polar surface area (TPSA) is 83.9 Å². The van der Waals surface area contributed by atoms with Crippen molar-refractivity contribution < 1.29 is 24.2 Å². The highest BCUT2D eigenvalue weighted by Crippen LogP contribution is 2.16. The molecule has 1 N–H and O–H groups in total. The molecule has 1 atom stereocenters. The molecular weight excluding hydrogens is 262 g/mol. The third-order valence-electron chi connectivity index (χ3n) is 2.77. The molecule has 1 rings (SSSR count). The van der Waals surface area contributed by atoms with Gasteiger partial charge in [-0.3, -0.25) is 4.79 Å². The first-order chi connectivity index (χ1) is 9.40. The number of hydrogen-bond donors (Lipinski definition) is 1. The zero-order chi connectivity index (χ0) is 15.3. The Bertz CT molecular complexity index is 498. The molecule has 6 heteroatoms. The number of methoxy groups -OCH3 is 1. The highest BCUT2D eigenvalue weighted by atomic mass is 16.5. The van der Waals surface area contributed by atoms with Gasteiger partial charge in [0.25, 0.3) is 5.91 Å². The highest BCUT2D eigenvalue weighted by molar-refractivity contribution is 6.05. The van der Waals surface area contributed by atoms with Crippen molar-refractivity contribution in [3.63, 3.8) is 0 Å². The van der Waals surface area contributed by atoms with Crippen LogP contribution in [0, 0.1) is 5.92 Å². The van der Waals surface area contributed by atoms with Gasteiger partial charge in [0.05, 0.1) is 7.11 Å². The minimum atomic E-state index is -1.28. The molecule has 0 aliphatic carbocycles. The van der Waals surface area contributed by atoms with Crippen LogP contribution in [0.15, 0.2) is 30.3 Å². The smallest absolute Gasteiger partial charge is 0.417 e. The van der Waals surface area contributed by atoms with Crippen molar-refractivity contribution in [2.75, 3.05) is 7.11 Å². The molecule has 0 bridgehead atoms. The molecule has 0 saturated heterocycles. The van der Waals surface area contributed by atoms with Gasteiger partial charge in [0.1, 0.15) is 6.04 Å². The van der Waals surface area contributed by atoms with Crippen LogP contribution >= 0.6 is 0 Å². The molecule has 6 nitrogen and oxygen atoms in total. The maximum Gasteiger partial charge on any atom is 0.417 e. The summed E-state index contributed by atoms with van der Waals surface area (Å²) in [5.74, 6) is -2.40. The molecular formula is C14H17NO5. The monoisotopic (exact) mass is 279 g/mol. The molecule has 0 unspecified atom stereocenters. The van der Waals surface area contributed by atoms with Gasteiger partial charge in [-0.15, -0.1) is 0 Å². The fourth-order valence-electron chi connectivity index (χ4n) is 1.83. The van der Waals surface area contributed by atoms with E-state index in [1.54, 1.807) is 32.0 Å². The van der Waals surface area contributed by atoms with E-state index < -0.39 is 29.9 Å². The van der Waals surface area contributed by atoms with Crippen molar-refractivity contribution in [2.24, 2.45) is 5.92 Å². The van der Waals surface area contributed by atoms with E-state index in [1.165, 1.54) is 12.1 Å². The molecule has 0 fully saturated rings. The molecule has 2 amide bonds. The van der Waals surface area contributed by atoms with Crippen LogP contribution in [0.4, 0.5) is 4.79 Å². The maximum atomic E-state index is 12.4. The Morgan fingerprint density at radius 1 is 1.15 bits per heavy atom. The van der Waals surface area contributed by atoms with E-state index in [9.17, 15) is 19.5 Å². The third kappa shape index (κ3) is 3.34. The van der Waals surface area contributed by atoms with Gasteiger partial charge < -0.3 is 9.84 Å². The summed E-state index contributed by atoms with van der Waals surface area (Å²) < 4.78 is 4.54. The number of aliphatic carboxylic acids is 1. The third-order valence-corrected chi connectivity index (χ3v) is 2.77. The highest BCUT2D eigenvalue weighted by Gasteiger charge is 2.38. The van der Waals surface area contributed by atoms with Gasteiger partial charge >= 0.3 is 12.1 Å². The molecule has 0 saturated carbocycles. The Morgan fingerprint density at radius 2 is 1.70 bits per heavy atom. The lowest BCUT2D eigenvalue weighted by Gasteiger charge is -2.28. The van der Waals surface area contributed by atoms with E-state index in [0.29, 0.717) is 4.90 Å². The number of imide groups is 1. The van der Waals surface area contributed by atoms with Crippen molar-refractivity contribution in [1.29, 1.82) is 0 Å². The average molecular weight is 279 g/mol. The molecule has 0 aliphatic heterocycles. The van der Waals surface area contributed by atoms with E-state index in [4.69, 9.17) is 0 Å². The summed E-state index contributed by atoms with van der Waals surface area (Å²) in [6, 6.07) is 6.72. The summed E-state index contributed by atoms with van der Waals surface area (Å²) in [7, 11) is 1.10. The number of carbonyl (C=O) groups is 3. The standard InChI is InChI=1S/C14H17NO5/c1-9(2)11(13(17)18)15(14(19)20-3)12(16)10-7-5-4-6-8-10/h4-9,11H,1-3H3,(H,17,18)/t11-/m1/s1. The van der Waals surface area contributed by atoms with E-state index in [0.717, 1.165) is 7.11 Å². The second kappa shape index (κ2) is 6.70. The Balaban J connectivity index is 3.22. The fourth-order valence-corrected chi connectivity index (χ4v) is 1.83. The second-order valence-corrected chi connectivity index (χ2v) is 4.54. The summed E-state index contributed by atoms with van der Waals surface area (Å²) >= 11 is 0. The van der Waals surface area contributed by atoms with Crippen molar-refractivity contribution in [3.05, 3.63) is 35.9 Å². The van der Waals surface area contributed by atoms with E-state index in [2.05, 4.69) is 4.74 Å². The molecule has 0 spiro atoms. The van der Waals surface area contributed by atoms with E-state index in [1.807, 2.05) is 0 Å². The van der Waals surface area contributed by atoms with Gasteiger partial charge in [0.2, 0.25) is 0 Å². The number of rotatable bonds is 4. The van der Waals surface area contributed by atoms with Gasteiger partial charge in [0, 0.05) is 5.56 Å². The van der Waals surface area contributed by atoms with Gasteiger partial charge in [-0.2, -0.15) is 0 Å². The first-order valence-electron chi connectivity index (χ1n) is 6.09. The number of benzene rings is 1. The normalized spacial score (nSPS) is 11.8. The quantitative estimate of drug-likeness (QED) is 0.911. The molecule has 108 valence electrons. The molecule has 0 aliphatic rings. The Morgan fingerprint density at radius 3 is 2.10 bits per heavy atom. The Kier molecular flexibility index (Phi) is 5.25. The molecule has 20 heavy (non-hydrogen) atoms. The van der Waals surface area contributed by atoms with Crippen molar-refractivity contribution in [3.8, 4) is 0 Å². The number of ether oxygens (including phenoxy) is 1. The van der Waals surface area contributed by atoms with Crippen LogP contribution < -0.4 is 0 Å². The number of carboxylic acids is 1. The number of nitrogens with zero attached hydrogens (tertiary/aromatic N) is 1. The van der Waals surface area contributed by atoms with Crippen LogP contribution in [0.2, 0.25) is 0 Å². The number of hydrogen-bond acceptors (Lipinski definition) is 4. The fraction of sp³-hybridized carbons (Fsp3) is 0.357. The van der Waals surface area contributed by atoms with Gasteiger partial charge in [0.15, 0.2) is 0 Å². The van der Waals surface area contributed by atoms with Crippen LogP contribution in [-0.2, 0) is 9.53 Å². The average Bonchev–Trinajstić information content (AvgIpc) is 2.43. The van der Waals surface area contributed by atoms with Crippen molar-refractivity contribution in [2.45, 2.75) is 19.9 Å². The number of amides is 2.